The molecular formula is C21H17F2N3O5S. The van der Waals surface area contributed by atoms with E-state index in [1.807, 2.05) is 10.9 Å². The summed E-state index contributed by atoms with van der Waals surface area (Å²) in [6, 6.07) is 13.5. The first-order valence-electron chi connectivity index (χ1n) is 9.02. The van der Waals surface area contributed by atoms with Crippen LogP contribution in [0, 0.1) is 11.6 Å². The number of nitrogens with one attached hydrogen (secondary N) is 3. The van der Waals surface area contributed by atoms with Crippen LogP contribution in [0.15, 0.2) is 71.6 Å². The summed E-state index contributed by atoms with van der Waals surface area (Å²) in [5.41, 5.74) is 3.56. The average molecular weight is 461 g/mol. The third-order valence-electron chi connectivity index (χ3n) is 4.21. The van der Waals surface area contributed by atoms with Crippen LogP contribution in [0.5, 0.6) is 5.75 Å². The minimum absolute atomic E-state index is 0.0948. The number of amides is 2. The van der Waals surface area contributed by atoms with E-state index >= 15 is 0 Å². The number of carbonyl (C=O) groups is 2. The van der Waals surface area contributed by atoms with E-state index in [0.29, 0.717) is 11.8 Å². The Morgan fingerprint density at radius 2 is 1.56 bits per heavy atom. The number of methoxy groups -OCH3 is 1. The molecule has 0 atom stereocenters. The standard InChI is InChI=1S/C21H17F2N3O5S/c1-31-16-8-6-15(7-9-16)26-32(29,30)17-4-2-3-13(11-17)20(27)24-25-21(28)18-12-14(22)5-10-19(18)23/h2-12,26H,1H3,(H,24,27)(H,25,28). The molecule has 3 aromatic rings. The van der Waals surface area contributed by atoms with Gasteiger partial charge in [0.1, 0.15) is 17.4 Å². The summed E-state index contributed by atoms with van der Waals surface area (Å²) in [5.74, 6) is -3.20. The molecular weight excluding hydrogens is 444 g/mol. The Labute approximate surface area is 182 Å². The zero-order valence-electron chi connectivity index (χ0n) is 16.6. The lowest BCUT2D eigenvalue weighted by Crippen LogP contribution is -2.42. The highest BCUT2D eigenvalue weighted by Crippen LogP contribution is 2.20. The van der Waals surface area contributed by atoms with Gasteiger partial charge in [-0.05, 0) is 60.7 Å². The van der Waals surface area contributed by atoms with Crippen LogP contribution in [0.25, 0.3) is 0 Å². The predicted octanol–water partition coefficient (Wildman–Crippen LogP) is 2.85. The Bertz CT molecular complexity index is 1260. The minimum atomic E-state index is -4.02. The van der Waals surface area contributed by atoms with Gasteiger partial charge in [-0.25, -0.2) is 17.2 Å². The SMILES string of the molecule is COc1ccc(NS(=O)(=O)c2cccc(C(=O)NNC(=O)c3cc(F)ccc3F)c2)cc1. The number of anilines is 1. The zero-order chi connectivity index (χ0) is 23.3. The van der Waals surface area contributed by atoms with Crippen molar-refractivity contribution in [1.29, 1.82) is 0 Å². The number of hydrazine groups is 1. The monoisotopic (exact) mass is 461 g/mol. The summed E-state index contributed by atoms with van der Waals surface area (Å²) in [4.78, 5) is 24.1. The summed E-state index contributed by atoms with van der Waals surface area (Å²) in [7, 11) is -2.54. The number of hydrogen-bond donors (Lipinski definition) is 3. The molecule has 32 heavy (non-hydrogen) atoms. The first-order valence-corrected chi connectivity index (χ1v) is 10.5. The third-order valence-corrected chi connectivity index (χ3v) is 5.59. The first-order chi connectivity index (χ1) is 15.2. The number of hydrogen-bond acceptors (Lipinski definition) is 5. The Hall–Kier alpha value is -3.99. The summed E-state index contributed by atoms with van der Waals surface area (Å²) < 4.78 is 59.5. The van der Waals surface area contributed by atoms with E-state index in [1.165, 1.54) is 37.4 Å². The second-order valence-electron chi connectivity index (χ2n) is 6.39. The van der Waals surface area contributed by atoms with E-state index in [4.69, 9.17) is 4.74 Å². The van der Waals surface area contributed by atoms with E-state index in [9.17, 15) is 26.8 Å². The second-order valence-corrected chi connectivity index (χ2v) is 8.08. The zero-order valence-corrected chi connectivity index (χ0v) is 17.4. The molecule has 0 bridgehead atoms. The van der Waals surface area contributed by atoms with Crippen LogP contribution in [0.4, 0.5) is 14.5 Å². The Balaban J connectivity index is 1.70. The van der Waals surface area contributed by atoms with Crippen molar-refractivity contribution >= 4 is 27.5 Å². The summed E-state index contributed by atoms with van der Waals surface area (Å²) >= 11 is 0. The van der Waals surface area contributed by atoms with Crippen molar-refractivity contribution in [3.05, 3.63) is 89.5 Å². The van der Waals surface area contributed by atoms with Gasteiger partial charge in [-0.2, -0.15) is 0 Å². The van der Waals surface area contributed by atoms with Crippen LogP contribution in [-0.4, -0.2) is 27.3 Å². The lowest BCUT2D eigenvalue weighted by atomic mass is 10.2. The largest absolute Gasteiger partial charge is 0.497 e. The number of ether oxygens (including phenoxy) is 1. The van der Waals surface area contributed by atoms with E-state index in [0.717, 1.165) is 18.2 Å². The average Bonchev–Trinajstić information content (AvgIpc) is 2.79. The van der Waals surface area contributed by atoms with Crippen LogP contribution in [-0.2, 0) is 10.0 Å². The van der Waals surface area contributed by atoms with E-state index in [-0.39, 0.29) is 16.1 Å². The van der Waals surface area contributed by atoms with Gasteiger partial charge in [0.05, 0.1) is 17.6 Å². The topological polar surface area (TPSA) is 114 Å². The van der Waals surface area contributed by atoms with Crippen LogP contribution >= 0.6 is 0 Å². The molecule has 166 valence electrons. The second kappa shape index (κ2) is 9.43. The van der Waals surface area contributed by atoms with Crippen molar-refractivity contribution in [3.63, 3.8) is 0 Å². The molecule has 0 aliphatic rings. The predicted molar refractivity (Wildman–Crippen MR) is 112 cm³/mol. The highest BCUT2D eigenvalue weighted by Gasteiger charge is 2.18. The van der Waals surface area contributed by atoms with Crippen molar-refractivity contribution < 1.29 is 31.5 Å². The van der Waals surface area contributed by atoms with E-state index in [2.05, 4.69) is 4.72 Å². The fraction of sp³-hybridized carbons (Fsp3) is 0.0476. The molecule has 0 heterocycles. The van der Waals surface area contributed by atoms with Gasteiger partial charge in [-0.3, -0.25) is 25.2 Å². The quantitative estimate of drug-likeness (QED) is 0.489. The molecule has 0 saturated heterocycles. The molecule has 0 unspecified atom stereocenters. The number of halogens is 2. The maximum absolute atomic E-state index is 13.7. The van der Waals surface area contributed by atoms with Gasteiger partial charge in [0.2, 0.25) is 0 Å². The lowest BCUT2D eigenvalue weighted by molar-refractivity contribution is 0.0844. The molecule has 0 aromatic heterocycles. The van der Waals surface area contributed by atoms with Crippen LogP contribution in [0.1, 0.15) is 20.7 Å². The Morgan fingerprint density at radius 1 is 0.875 bits per heavy atom. The van der Waals surface area contributed by atoms with Crippen LogP contribution < -0.4 is 20.3 Å². The molecule has 0 aliphatic heterocycles. The molecule has 0 saturated carbocycles. The Morgan fingerprint density at radius 3 is 2.25 bits per heavy atom. The van der Waals surface area contributed by atoms with Crippen molar-refractivity contribution in [2.24, 2.45) is 0 Å². The third kappa shape index (κ3) is 5.38. The summed E-state index contributed by atoms with van der Waals surface area (Å²) in [6.45, 7) is 0. The molecule has 11 heteroatoms. The molecule has 3 rings (SSSR count). The van der Waals surface area contributed by atoms with Gasteiger partial charge in [-0.15, -0.1) is 0 Å². The molecule has 8 nitrogen and oxygen atoms in total. The molecule has 3 aromatic carbocycles. The number of rotatable bonds is 6. The van der Waals surface area contributed by atoms with E-state index < -0.39 is 39.0 Å². The fourth-order valence-electron chi connectivity index (χ4n) is 2.60. The van der Waals surface area contributed by atoms with Gasteiger partial charge in [0, 0.05) is 11.3 Å². The van der Waals surface area contributed by atoms with Crippen molar-refractivity contribution in [2.45, 2.75) is 4.90 Å². The van der Waals surface area contributed by atoms with Crippen molar-refractivity contribution in [1.82, 2.24) is 10.9 Å². The molecule has 0 spiro atoms. The maximum atomic E-state index is 13.7. The number of benzene rings is 3. The molecule has 0 fully saturated rings. The molecule has 3 N–H and O–H groups in total. The van der Waals surface area contributed by atoms with Gasteiger partial charge < -0.3 is 4.74 Å². The Kier molecular flexibility index (Phi) is 6.69. The smallest absolute Gasteiger partial charge is 0.272 e. The highest BCUT2D eigenvalue weighted by molar-refractivity contribution is 7.92. The van der Waals surface area contributed by atoms with Crippen molar-refractivity contribution in [2.75, 3.05) is 11.8 Å². The summed E-state index contributed by atoms with van der Waals surface area (Å²) in [6.07, 6.45) is 0. The fourth-order valence-corrected chi connectivity index (χ4v) is 3.71. The lowest BCUT2D eigenvalue weighted by Gasteiger charge is -2.11. The van der Waals surface area contributed by atoms with Crippen molar-refractivity contribution in [3.8, 4) is 5.75 Å². The normalized spacial score (nSPS) is 10.8. The molecule has 2 amide bonds. The maximum Gasteiger partial charge on any atom is 0.272 e. The van der Waals surface area contributed by atoms with Crippen LogP contribution in [0.2, 0.25) is 0 Å². The van der Waals surface area contributed by atoms with E-state index in [1.54, 1.807) is 12.1 Å². The number of carbonyl (C=O) groups excluding carboxylic acids is 2. The summed E-state index contributed by atoms with van der Waals surface area (Å²) in [5, 5.41) is 0. The first kappa shape index (κ1) is 22.7. The van der Waals surface area contributed by atoms with Crippen LogP contribution in [0.3, 0.4) is 0 Å². The molecule has 0 radical (unpaired) electrons. The molecule has 0 aliphatic carbocycles. The van der Waals surface area contributed by atoms with Gasteiger partial charge in [0.25, 0.3) is 21.8 Å². The van der Waals surface area contributed by atoms with Gasteiger partial charge >= 0.3 is 0 Å². The number of sulfonamides is 1. The van der Waals surface area contributed by atoms with Gasteiger partial charge in [-0.1, -0.05) is 6.07 Å². The van der Waals surface area contributed by atoms with Gasteiger partial charge in [0.15, 0.2) is 0 Å². The highest BCUT2D eigenvalue weighted by atomic mass is 32.2. The minimum Gasteiger partial charge on any atom is -0.497 e.